The van der Waals surface area contributed by atoms with E-state index in [0.717, 1.165) is 39.7 Å². The van der Waals surface area contributed by atoms with Crippen molar-refractivity contribution >= 4 is 46.0 Å². The largest absolute Gasteiger partial charge is 0.493 e. The molecule has 0 saturated heterocycles. The quantitative estimate of drug-likeness (QED) is 0.258. The third-order valence-electron chi connectivity index (χ3n) is 5.65. The fourth-order valence-electron chi connectivity index (χ4n) is 3.81. The van der Waals surface area contributed by atoms with E-state index in [1.165, 1.54) is 29.1 Å². The lowest BCUT2D eigenvalue weighted by Crippen LogP contribution is -1.95. The summed E-state index contributed by atoms with van der Waals surface area (Å²) in [7, 11) is 0. The number of H-pyrrole nitrogens is 1. The molecule has 164 valence electrons. The van der Waals surface area contributed by atoms with Gasteiger partial charge in [0.1, 0.15) is 17.1 Å². The number of halogens is 2. The molecule has 0 atom stereocenters. The number of hydrogen-bond acceptors (Lipinski definition) is 3. The highest BCUT2D eigenvalue weighted by Gasteiger charge is 2.21. The Morgan fingerprint density at radius 1 is 1.09 bits per heavy atom. The summed E-state index contributed by atoms with van der Waals surface area (Å²) in [6.45, 7) is 2.53. The lowest BCUT2D eigenvalue weighted by Gasteiger charge is -2.13. The normalized spacial score (nSPS) is 13.6. The minimum Gasteiger partial charge on any atom is -0.493 e. The Morgan fingerprint density at radius 2 is 1.88 bits per heavy atom. The average Bonchev–Trinajstić information content (AvgIpc) is 3.54. The Morgan fingerprint density at radius 3 is 2.62 bits per heavy atom. The third-order valence-corrected chi connectivity index (χ3v) is 7.56. The van der Waals surface area contributed by atoms with Gasteiger partial charge in [0.05, 0.1) is 22.2 Å². The fraction of sp³-hybridized carbons (Fsp3) is 0.269. The van der Waals surface area contributed by atoms with E-state index in [4.69, 9.17) is 32.9 Å². The lowest BCUT2D eigenvalue weighted by atomic mass is 10.0. The first-order valence-electron chi connectivity index (χ1n) is 10.9. The molecule has 0 aliphatic heterocycles. The topological polar surface area (TPSA) is 37.9 Å². The van der Waals surface area contributed by atoms with Gasteiger partial charge in [-0.2, -0.15) is 0 Å². The number of benzene rings is 3. The number of fused-ring (bicyclic) bond motifs is 1. The second-order valence-electron chi connectivity index (χ2n) is 8.13. The molecule has 1 N–H and O–H groups in total. The van der Waals surface area contributed by atoms with E-state index in [9.17, 15) is 0 Å². The molecule has 6 heteroatoms. The third kappa shape index (κ3) is 4.63. The van der Waals surface area contributed by atoms with Crippen LogP contribution >= 0.6 is 35.0 Å². The minimum atomic E-state index is 0.536. The van der Waals surface area contributed by atoms with Crippen molar-refractivity contribution < 1.29 is 4.74 Å². The predicted molar refractivity (Wildman–Crippen MR) is 135 cm³/mol. The molecule has 0 spiro atoms. The molecular formula is C26H24Cl2N2OS. The first kappa shape index (κ1) is 21.7. The van der Waals surface area contributed by atoms with Gasteiger partial charge in [0, 0.05) is 28.2 Å². The lowest BCUT2D eigenvalue weighted by molar-refractivity contribution is 0.341. The smallest absolute Gasteiger partial charge is 0.127 e. The molecule has 1 fully saturated rings. The van der Waals surface area contributed by atoms with Gasteiger partial charge in [-0.25, -0.2) is 4.98 Å². The van der Waals surface area contributed by atoms with Gasteiger partial charge in [-0.15, -0.1) is 11.8 Å². The number of nitrogens with zero attached hydrogens (tertiary/aromatic N) is 1. The number of rotatable bonds is 8. The number of thioether (sulfide) groups is 1. The van der Waals surface area contributed by atoms with E-state index in [1.54, 1.807) is 0 Å². The zero-order chi connectivity index (χ0) is 22.1. The van der Waals surface area contributed by atoms with Crippen LogP contribution in [0.5, 0.6) is 5.75 Å². The van der Waals surface area contributed by atoms with Crippen molar-refractivity contribution in [3.8, 4) is 16.9 Å². The van der Waals surface area contributed by atoms with Crippen LogP contribution in [-0.4, -0.2) is 22.3 Å². The molecule has 32 heavy (non-hydrogen) atoms. The molecule has 1 aliphatic rings. The Labute approximate surface area is 202 Å². The monoisotopic (exact) mass is 482 g/mol. The molecule has 1 saturated carbocycles. The van der Waals surface area contributed by atoms with Crippen molar-refractivity contribution in [2.45, 2.75) is 31.1 Å². The maximum atomic E-state index is 6.83. The Hall–Kier alpha value is -2.14. The fourth-order valence-corrected chi connectivity index (χ4v) is 5.60. The Balaban J connectivity index is 1.42. The second kappa shape index (κ2) is 9.38. The van der Waals surface area contributed by atoms with E-state index in [1.807, 2.05) is 49.0 Å². The molecule has 1 aromatic heterocycles. The van der Waals surface area contributed by atoms with Crippen molar-refractivity contribution in [2.75, 3.05) is 12.4 Å². The number of aromatic amines is 1. The highest BCUT2D eigenvalue weighted by atomic mass is 35.5. The van der Waals surface area contributed by atoms with Crippen LogP contribution in [0.25, 0.3) is 22.2 Å². The summed E-state index contributed by atoms with van der Waals surface area (Å²) in [5.74, 6) is 3.79. The number of nitrogens with one attached hydrogen (secondary N) is 1. The summed E-state index contributed by atoms with van der Waals surface area (Å²) < 4.78 is 5.79. The number of hydrogen-bond donors (Lipinski definition) is 1. The van der Waals surface area contributed by atoms with Gasteiger partial charge in [0.15, 0.2) is 0 Å². The van der Waals surface area contributed by atoms with E-state index in [0.29, 0.717) is 23.1 Å². The number of ether oxygens (including phenoxy) is 1. The van der Waals surface area contributed by atoms with Crippen LogP contribution in [0.4, 0.5) is 0 Å². The number of imidazole rings is 1. The summed E-state index contributed by atoms with van der Waals surface area (Å²) in [5, 5.41) is 1.11. The van der Waals surface area contributed by atoms with E-state index in [2.05, 4.69) is 29.2 Å². The van der Waals surface area contributed by atoms with E-state index in [-0.39, 0.29) is 0 Å². The molecule has 1 heterocycles. The van der Waals surface area contributed by atoms with Gasteiger partial charge in [0.2, 0.25) is 0 Å². The Kier molecular flexibility index (Phi) is 6.36. The summed E-state index contributed by atoms with van der Waals surface area (Å²) >= 11 is 15.5. The van der Waals surface area contributed by atoms with Gasteiger partial charge in [-0.3, -0.25) is 0 Å². The van der Waals surface area contributed by atoms with Crippen molar-refractivity contribution in [1.82, 2.24) is 9.97 Å². The molecular weight excluding hydrogens is 459 g/mol. The maximum absolute atomic E-state index is 6.83. The molecule has 0 amide bonds. The van der Waals surface area contributed by atoms with E-state index < -0.39 is 0 Å². The molecule has 3 nitrogen and oxygen atoms in total. The summed E-state index contributed by atoms with van der Waals surface area (Å²) in [4.78, 5) is 9.53. The number of para-hydroxylation sites is 1. The van der Waals surface area contributed by atoms with Crippen molar-refractivity contribution in [3.63, 3.8) is 0 Å². The second-order valence-corrected chi connectivity index (χ2v) is 10.0. The zero-order valence-electron chi connectivity index (χ0n) is 17.8. The highest BCUT2D eigenvalue weighted by Crippen LogP contribution is 2.43. The zero-order valence-corrected chi connectivity index (χ0v) is 20.2. The summed E-state index contributed by atoms with van der Waals surface area (Å²) in [5.41, 5.74) is 4.40. The molecule has 4 aromatic rings. The molecule has 0 bridgehead atoms. The maximum Gasteiger partial charge on any atom is 0.127 e. The molecule has 5 rings (SSSR count). The van der Waals surface area contributed by atoms with Gasteiger partial charge in [0.25, 0.3) is 0 Å². The standard InChI is InChI=1S/C26H24Cl2N2OS/c1-2-31-22-6-4-3-5-19(22)24-20(27)14-21-26(25(24)28)30-23(29-21)13-16-9-11-18(12-10-16)32-15-17-7-8-17/h3-6,9-12,14,17H,2,7-8,13,15H2,1H3,(H,29,30). The molecule has 0 radical (unpaired) electrons. The van der Waals surface area contributed by atoms with Crippen LogP contribution in [0.15, 0.2) is 59.5 Å². The summed E-state index contributed by atoms with van der Waals surface area (Å²) in [6.07, 6.45) is 3.49. The molecule has 0 unspecified atom stereocenters. The van der Waals surface area contributed by atoms with Gasteiger partial charge in [-0.1, -0.05) is 53.5 Å². The van der Waals surface area contributed by atoms with Gasteiger partial charge in [-0.05, 0) is 55.5 Å². The molecule has 3 aromatic carbocycles. The molecule has 1 aliphatic carbocycles. The van der Waals surface area contributed by atoms with Crippen LogP contribution in [0.3, 0.4) is 0 Å². The average molecular weight is 483 g/mol. The summed E-state index contributed by atoms with van der Waals surface area (Å²) in [6, 6.07) is 18.5. The van der Waals surface area contributed by atoms with Crippen molar-refractivity contribution in [3.05, 3.63) is 76.0 Å². The van der Waals surface area contributed by atoms with Gasteiger partial charge < -0.3 is 9.72 Å². The van der Waals surface area contributed by atoms with E-state index >= 15 is 0 Å². The highest BCUT2D eigenvalue weighted by molar-refractivity contribution is 7.99. The van der Waals surface area contributed by atoms with Crippen molar-refractivity contribution in [2.24, 2.45) is 5.92 Å². The van der Waals surface area contributed by atoms with Crippen LogP contribution in [0, 0.1) is 5.92 Å². The SMILES string of the molecule is CCOc1ccccc1-c1c(Cl)cc2[nH]c(Cc3ccc(SCC4CC4)cc3)nc2c1Cl. The predicted octanol–water partition coefficient (Wildman–Crippen LogP) is 8.03. The van der Waals surface area contributed by atoms with Crippen LogP contribution in [0.1, 0.15) is 31.2 Å². The van der Waals surface area contributed by atoms with Crippen LogP contribution in [0.2, 0.25) is 10.0 Å². The number of aromatic nitrogens is 2. The van der Waals surface area contributed by atoms with Crippen molar-refractivity contribution in [1.29, 1.82) is 0 Å². The van der Waals surface area contributed by atoms with Gasteiger partial charge >= 0.3 is 0 Å². The van der Waals surface area contributed by atoms with Crippen LogP contribution < -0.4 is 4.74 Å². The first-order valence-corrected chi connectivity index (χ1v) is 12.7. The Bertz CT molecular complexity index is 1250. The first-order chi connectivity index (χ1) is 15.6. The minimum absolute atomic E-state index is 0.536. The van der Waals surface area contributed by atoms with Crippen LogP contribution in [-0.2, 0) is 6.42 Å².